The fraction of sp³-hybridized carbons (Fsp3) is 0. The molecule has 0 fully saturated rings. The van der Waals surface area contributed by atoms with E-state index in [4.69, 9.17) is 32.7 Å². The number of hydrogen-bond acceptors (Lipinski definition) is 4. The Morgan fingerprint density at radius 3 is 2.75 bits per heavy atom. The van der Waals surface area contributed by atoms with E-state index in [1.54, 1.807) is 0 Å². The molecule has 2 heterocycles. The van der Waals surface area contributed by atoms with Gasteiger partial charge in [-0.25, -0.2) is 14.8 Å². The lowest BCUT2D eigenvalue weighted by Crippen LogP contribution is -1.95. The highest BCUT2D eigenvalue weighted by Crippen LogP contribution is 2.25. The Balaban J connectivity index is 2.42. The molecule has 1 N–H and O–H groups in total. The van der Waals surface area contributed by atoms with Gasteiger partial charge in [-0.2, -0.15) is 0 Å². The molecule has 0 bridgehead atoms. The van der Waals surface area contributed by atoms with Gasteiger partial charge in [-0.3, -0.25) is 0 Å². The van der Waals surface area contributed by atoms with Crippen LogP contribution in [-0.2, 0) is 0 Å². The van der Waals surface area contributed by atoms with Crippen molar-refractivity contribution in [1.29, 1.82) is 0 Å². The van der Waals surface area contributed by atoms with Gasteiger partial charge in [0.05, 0.1) is 10.6 Å². The molecular weight excluding hydrogens is 255 g/mol. The molecule has 2 aromatic rings. The van der Waals surface area contributed by atoms with Crippen LogP contribution in [0.4, 0.5) is 0 Å². The van der Waals surface area contributed by atoms with Crippen molar-refractivity contribution in [2.24, 2.45) is 0 Å². The number of pyridine rings is 1. The summed E-state index contributed by atoms with van der Waals surface area (Å²) in [6.07, 6.45) is 2.44. The SMILES string of the molecule is O=C(O)c1coc(-c2cnc(Cl)c(Cl)c2)n1. The van der Waals surface area contributed by atoms with Gasteiger partial charge in [0.2, 0.25) is 5.89 Å². The Morgan fingerprint density at radius 1 is 1.44 bits per heavy atom. The lowest BCUT2D eigenvalue weighted by atomic mass is 10.3. The van der Waals surface area contributed by atoms with Gasteiger partial charge in [0, 0.05) is 6.20 Å². The van der Waals surface area contributed by atoms with Crippen molar-refractivity contribution in [3.05, 3.63) is 34.4 Å². The standard InChI is InChI=1S/C9H4Cl2N2O3/c10-5-1-4(2-12-7(5)11)8-13-6(3-16-8)9(14)15/h1-3H,(H,14,15). The summed E-state index contributed by atoms with van der Waals surface area (Å²) in [5.41, 5.74) is 0.281. The average molecular weight is 259 g/mol. The van der Waals surface area contributed by atoms with Crippen molar-refractivity contribution in [2.45, 2.75) is 0 Å². The van der Waals surface area contributed by atoms with Crippen LogP contribution in [0, 0.1) is 0 Å². The largest absolute Gasteiger partial charge is 0.476 e. The summed E-state index contributed by atoms with van der Waals surface area (Å²) >= 11 is 11.4. The van der Waals surface area contributed by atoms with E-state index >= 15 is 0 Å². The van der Waals surface area contributed by atoms with Crippen LogP contribution in [0.1, 0.15) is 10.5 Å². The highest BCUT2D eigenvalue weighted by molar-refractivity contribution is 6.41. The van der Waals surface area contributed by atoms with Crippen LogP contribution in [0.25, 0.3) is 11.5 Å². The molecule has 0 amide bonds. The third-order valence-electron chi connectivity index (χ3n) is 1.77. The first kappa shape index (κ1) is 10.9. The average Bonchev–Trinajstić information content (AvgIpc) is 2.71. The predicted molar refractivity (Wildman–Crippen MR) is 56.7 cm³/mol. The van der Waals surface area contributed by atoms with Gasteiger partial charge in [-0.1, -0.05) is 23.2 Å². The molecule has 2 aromatic heterocycles. The van der Waals surface area contributed by atoms with E-state index in [9.17, 15) is 4.79 Å². The number of oxazole rings is 1. The zero-order valence-corrected chi connectivity index (χ0v) is 9.16. The number of rotatable bonds is 2. The Kier molecular flexibility index (Phi) is 2.80. The molecule has 0 radical (unpaired) electrons. The van der Waals surface area contributed by atoms with E-state index in [0.717, 1.165) is 6.26 Å². The van der Waals surface area contributed by atoms with E-state index in [2.05, 4.69) is 9.97 Å². The van der Waals surface area contributed by atoms with Crippen LogP contribution >= 0.6 is 23.2 Å². The van der Waals surface area contributed by atoms with Gasteiger partial charge in [0.25, 0.3) is 0 Å². The number of carbonyl (C=O) groups is 1. The molecule has 0 saturated heterocycles. The molecule has 0 atom stereocenters. The number of carboxylic acid groups (broad SMARTS) is 1. The van der Waals surface area contributed by atoms with Gasteiger partial charge in [0.15, 0.2) is 5.69 Å². The summed E-state index contributed by atoms with van der Waals surface area (Å²) in [7, 11) is 0. The molecule has 2 rings (SSSR count). The van der Waals surface area contributed by atoms with Crippen molar-refractivity contribution in [3.63, 3.8) is 0 Å². The first-order chi connectivity index (χ1) is 7.58. The summed E-state index contributed by atoms with van der Waals surface area (Å²) < 4.78 is 4.97. The number of aromatic carboxylic acids is 1. The Hall–Kier alpha value is -1.59. The molecule has 5 nitrogen and oxygen atoms in total. The maximum absolute atomic E-state index is 10.6. The van der Waals surface area contributed by atoms with E-state index in [0.29, 0.717) is 5.56 Å². The second-order valence-corrected chi connectivity index (χ2v) is 3.60. The summed E-state index contributed by atoms with van der Waals surface area (Å²) in [4.78, 5) is 18.1. The predicted octanol–water partition coefficient (Wildman–Crippen LogP) is 2.74. The van der Waals surface area contributed by atoms with E-state index in [1.165, 1.54) is 12.3 Å². The molecule has 82 valence electrons. The molecule has 0 aliphatic carbocycles. The van der Waals surface area contributed by atoms with E-state index < -0.39 is 5.97 Å². The van der Waals surface area contributed by atoms with Crippen LogP contribution in [0.2, 0.25) is 10.2 Å². The minimum absolute atomic E-state index is 0.128. The van der Waals surface area contributed by atoms with Crippen LogP contribution in [-0.4, -0.2) is 21.0 Å². The molecule has 0 aromatic carbocycles. The van der Waals surface area contributed by atoms with E-state index in [-0.39, 0.29) is 21.8 Å². The summed E-state index contributed by atoms with van der Waals surface area (Å²) in [5, 5.41) is 9.07. The lowest BCUT2D eigenvalue weighted by molar-refractivity contribution is 0.0690. The number of halogens is 2. The normalized spacial score (nSPS) is 10.4. The molecule has 16 heavy (non-hydrogen) atoms. The molecule has 0 aliphatic rings. The summed E-state index contributed by atoms with van der Waals surface area (Å²) in [6, 6.07) is 1.49. The van der Waals surface area contributed by atoms with Crippen LogP contribution in [0.5, 0.6) is 0 Å². The van der Waals surface area contributed by atoms with Gasteiger partial charge in [0.1, 0.15) is 11.4 Å². The van der Waals surface area contributed by atoms with Crippen LogP contribution < -0.4 is 0 Å². The fourth-order valence-corrected chi connectivity index (χ4v) is 1.31. The Bertz CT molecular complexity index is 553. The smallest absolute Gasteiger partial charge is 0.357 e. The highest BCUT2D eigenvalue weighted by Gasteiger charge is 2.13. The lowest BCUT2D eigenvalue weighted by Gasteiger charge is -1.97. The van der Waals surface area contributed by atoms with Crippen molar-refractivity contribution >= 4 is 29.2 Å². The van der Waals surface area contributed by atoms with Crippen LogP contribution in [0.3, 0.4) is 0 Å². The van der Waals surface area contributed by atoms with Gasteiger partial charge in [-0.15, -0.1) is 0 Å². The zero-order chi connectivity index (χ0) is 11.7. The zero-order valence-electron chi connectivity index (χ0n) is 7.65. The Morgan fingerprint density at radius 2 is 2.19 bits per heavy atom. The topological polar surface area (TPSA) is 76.2 Å². The third-order valence-corrected chi connectivity index (χ3v) is 2.45. The second kappa shape index (κ2) is 4.11. The van der Waals surface area contributed by atoms with Crippen molar-refractivity contribution < 1.29 is 14.3 Å². The molecule has 0 aliphatic heterocycles. The number of carboxylic acids is 1. The second-order valence-electron chi connectivity index (χ2n) is 2.84. The first-order valence-corrected chi connectivity index (χ1v) is 4.84. The maximum Gasteiger partial charge on any atom is 0.357 e. The minimum Gasteiger partial charge on any atom is -0.476 e. The van der Waals surface area contributed by atoms with Gasteiger partial charge in [-0.05, 0) is 6.07 Å². The molecule has 0 saturated carbocycles. The molecule has 7 heteroatoms. The van der Waals surface area contributed by atoms with Gasteiger partial charge >= 0.3 is 5.97 Å². The van der Waals surface area contributed by atoms with Crippen LogP contribution in [0.15, 0.2) is 22.9 Å². The monoisotopic (exact) mass is 258 g/mol. The first-order valence-electron chi connectivity index (χ1n) is 4.08. The van der Waals surface area contributed by atoms with Crippen molar-refractivity contribution in [1.82, 2.24) is 9.97 Å². The van der Waals surface area contributed by atoms with Gasteiger partial charge < -0.3 is 9.52 Å². The maximum atomic E-state index is 10.6. The highest BCUT2D eigenvalue weighted by atomic mass is 35.5. The number of nitrogens with zero attached hydrogens (tertiary/aromatic N) is 2. The number of aromatic nitrogens is 2. The third kappa shape index (κ3) is 2.00. The number of hydrogen-bond donors (Lipinski definition) is 1. The summed E-state index contributed by atoms with van der Waals surface area (Å²) in [5.74, 6) is -1.04. The quantitative estimate of drug-likeness (QED) is 0.839. The molecule has 0 spiro atoms. The fourth-order valence-electron chi connectivity index (χ4n) is 1.04. The van der Waals surface area contributed by atoms with Crippen molar-refractivity contribution in [3.8, 4) is 11.5 Å². The Labute approximate surface area is 99.6 Å². The minimum atomic E-state index is -1.16. The molecular formula is C9H4Cl2N2O3. The summed E-state index contributed by atoms with van der Waals surface area (Å²) in [6.45, 7) is 0. The van der Waals surface area contributed by atoms with Crippen molar-refractivity contribution in [2.75, 3.05) is 0 Å². The van der Waals surface area contributed by atoms with E-state index in [1.807, 2.05) is 0 Å². The molecule has 0 unspecified atom stereocenters.